The van der Waals surface area contributed by atoms with Gasteiger partial charge in [-0.3, -0.25) is 4.79 Å². The summed E-state index contributed by atoms with van der Waals surface area (Å²) < 4.78 is 11.0. The Kier molecular flexibility index (Phi) is 6.60. The number of nitrogens with two attached hydrogens (primary N) is 1. The molecule has 1 aliphatic heterocycles. The van der Waals surface area contributed by atoms with Gasteiger partial charge in [0.05, 0.1) is 18.1 Å². The third-order valence-corrected chi connectivity index (χ3v) is 3.20. The molecule has 18 heavy (non-hydrogen) atoms. The van der Waals surface area contributed by atoms with Gasteiger partial charge in [-0.1, -0.05) is 0 Å². The van der Waals surface area contributed by atoms with Crippen molar-refractivity contribution in [3.8, 4) is 0 Å². The Hall–Kier alpha value is -0.650. The Bertz CT molecular complexity index is 251. The zero-order chi connectivity index (χ0) is 13.4. The van der Waals surface area contributed by atoms with Crippen LogP contribution in [0.1, 0.15) is 33.1 Å². The quantitative estimate of drug-likeness (QED) is 0.628. The van der Waals surface area contributed by atoms with E-state index in [4.69, 9.17) is 15.2 Å². The minimum atomic E-state index is -0.488. The molecule has 1 fully saturated rings. The summed E-state index contributed by atoms with van der Waals surface area (Å²) in [5.74, 6) is 0.00382. The van der Waals surface area contributed by atoms with Gasteiger partial charge in [-0.25, -0.2) is 0 Å². The van der Waals surface area contributed by atoms with Gasteiger partial charge >= 0.3 is 0 Å². The highest BCUT2D eigenvalue weighted by atomic mass is 16.5. The molecule has 0 aromatic heterocycles. The van der Waals surface area contributed by atoms with Crippen molar-refractivity contribution in [1.29, 1.82) is 0 Å². The molecule has 5 heteroatoms. The van der Waals surface area contributed by atoms with Crippen molar-refractivity contribution >= 4 is 5.91 Å². The lowest BCUT2D eigenvalue weighted by atomic mass is 9.93. The summed E-state index contributed by atoms with van der Waals surface area (Å²) in [6.45, 7) is 6.86. The lowest BCUT2D eigenvalue weighted by Crippen LogP contribution is -2.42. The average Bonchev–Trinajstić information content (AvgIpc) is 2.86. The van der Waals surface area contributed by atoms with E-state index in [1.807, 2.05) is 13.8 Å². The molecule has 1 amide bonds. The van der Waals surface area contributed by atoms with Crippen LogP contribution in [0.5, 0.6) is 0 Å². The average molecular weight is 258 g/mol. The minimum absolute atomic E-state index is 0.00382. The monoisotopic (exact) mass is 258 g/mol. The van der Waals surface area contributed by atoms with Crippen LogP contribution in [0.3, 0.4) is 0 Å². The summed E-state index contributed by atoms with van der Waals surface area (Å²) in [4.78, 5) is 11.7. The molecular formula is C13H26N2O3. The molecule has 106 valence electrons. The summed E-state index contributed by atoms with van der Waals surface area (Å²) in [5, 5.41) is 2.87. The zero-order valence-electron chi connectivity index (χ0n) is 11.5. The maximum absolute atomic E-state index is 11.7. The number of hydrogen-bond acceptors (Lipinski definition) is 4. The van der Waals surface area contributed by atoms with Crippen LogP contribution in [0, 0.1) is 5.41 Å². The van der Waals surface area contributed by atoms with Gasteiger partial charge < -0.3 is 20.5 Å². The molecule has 1 rings (SSSR count). The number of hydrogen-bond donors (Lipinski definition) is 2. The number of carbonyl (C=O) groups is 1. The summed E-state index contributed by atoms with van der Waals surface area (Å²) in [5.41, 5.74) is 5.04. The van der Waals surface area contributed by atoms with Crippen molar-refractivity contribution in [2.75, 3.05) is 32.9 Å². The molecule has 1 aliphatic rings. The Morgan fingerprint density at radius 2 is 2.33 bits per heavy atom. The number of nitrogens with one attached hydrogen (secondary N) is 1. The van der Waals surface area contributed by atoms with Crippen LogP contribution in [0.25, 0.3) is 0 Å². The Labute approximate surface area is 109 Å². The van der Waals surface area contributed by atoms with Crippen molar-refractivity contribution < 1.29 is 14.3 Å². The second-order valence-electron chi connectivity index (χ2n) is 5.41. The molecular weight excluding hydrogens is 232 g/mol. The topological polar surface area (TPSA) is 73.6 Å². The number of ether oxygens (including phenoxy) is 2. The molecule has 0 aromatic rings. The zero-order valence-corrected chi connectivity index (χ0v) is 11.5. The lowest BCUT2D eigenvalue weighted by molar-refractivity contribution is -0.128. The molecule has 0 spiro atoms. The molecule has 0 radical (unpaired) electrons. The van der Waals surface area contributed by atoms with Crippen LogP contribution in [-0.2, 0) is 14.3 Å². The van der Waals surface area contributed by atoms with Gasteiger partial charge in [0.15, 0.2) is 0 Å². The highest BCUT2D eigenvalue weighted by Crippen LogP contribution is 2.12. The predicted octanol–water partition coefficient (Wildman–Crippen LogP) is 0.673. The fourth-order valence-corrected chi connectivity index (χ4v) is 1.70. The van der Waals surface area contributed by atoms with E-state index in [0.29, 0.717) is 26.3 Å². The molecule has 0 aliphatic carbocycles. The van der Waals surface area contributed by atoms with Gasteiger partial charge in [0.25, 0.3) is 0 Å². The second kappa shape index (κ2) is 7.71. The summed E-state index contributed by atoms with van der Waals surface area (Å²) in [7, 11) is 0. The first-order valence-electron chi connectivity index (χ1n) is 6.74. The predicted molar refractivity (Wildman–Crippen MR) is 70.3 cm³/mol. The van der Waals surface area contributed by atoms with Crippen molar-refractivity contribution in [3.63, 3.8) is 0 Å². The van der Waals surface area contributed by atoms with Crippen LogP contribution < -0.4 is 11.1 Å². The van der Waals surface area contributed by atoms with E-state index in [9.17, 15) is 4.79 Å². The van der Waals surface area contributed by atoms with Crippen LogP contribution in [0.15, 0.2) is 0 Å². The van der Waals surface area contributed by atoms with Gasteiger partial charge in [-0.15, -0.1) is 0 Å². The highest BCUT2D eigenvalue weighted by Gasteiger charge is 2.24. The van der Waals surface area contributed by atoms with E-state index in [-0.39, 0.29) is 12.0 Å². The molecule has 1 unspecified atom stereocenters. The molecule has 3 N–H and O–H groups in total. The van der Waals surface area contributed by atoms with Gasteiger partial charge in [0, 0.05) is 26.3 Å². The maximum atomic E-state index is 11.7. The van der Waals surface area contributed by atoms with Crippen molar-refractivity contribution in [2.24, 2.45) is 11.1 Å². The van der Waals surface area contributed by atoms with Gasteiger partial charge in [-0.2, -0.15) is 0 Å². The summed E-state index contributed by atoms with van der Waals surface area (Å²) in [6.07, 6.45) is 3.33. The minimum Gasteiger partial charge on any atom is -0.379 e. The SMILES string of the molecule is CC(C)(CN)C(=O)NCCCOCC1CCCO1. The van der Waals surface area contributed by atoms with E-state index in [0.717, 1.165) is 25.9 Å². The molecule has 0 saturated carbocycles. The Morgan fingerprint density at radius 1 is 1.56 bits per heavy atom. The normalized spacial score (nSPS) is 20.1. The third kappa shape index (κ3) is 5.33. The molecule has 1 atom stereocenters. The largest absolute Gasteiger partial charge is 0.379 e. The van der Waals surface area contributed by atoms with Crippen molar-refractivity contribution in [1.82, 2.24) is 5.32 Å². The van der Waals surface area contributed by atoms with Gasteiger partial charge in [0.1, 0.15) is 0 Å². The van der Waals surface area contributed by atoms with Crippen LogP contribution in [-0.4, -0.2) is 44.9 Å². The maximum Gasteiger partial charge on any atom is 0.226 e. The number of rotatable bonds is 8. The number of amides is 1. The first kappa shape index (κ1) is 15.4. The molecule has 0 aromatic carbocycles. The van der Waals surface area contributed by atoms with E-state index in [2.05, 4.69) is 5.32 Å². The van der Waals surface area contributed by atoms with Crippen molar-refractivity contribution in [3.05, 3.63) is 0 Å². The molecule has 5 nitrogen and oxygen atoms in total. The van der Waals surface area contributed by atoms with Gasteiger partial charge in [-0.05, 0) is 33.1 Å². The van der Waals surface area contributed by atoms with Crippen LogP contribution in [0.4, 0.5) is 0 Å². The van der Waals surface area contributed by atoms with E-state index in [1.165, 1.54) is 0 Å². The van der Waals surface area contributed by atoms with E-state index >= 15 is 0 Å². The second-order valence-corrected chi connectivity index (χ2v) is 5.41. The molecule has 1 heterocycles. The Balaban J connectivity index is 1.96. The summed E-state index contributed by atoms with van der Waals surface area (Å²) in [6, 6.07) is 0. The Morgan fingerprint density at radius 3 is 2.94 bits per heavy atom. The number of carbonyl (C=O) groups excluding carboxylic acids is 1. The highest BCUT2D eigenvalue weighted by molar-refractivity contribution is 5.81. The van der Waals surface area contributed by atoms with Crippen LogP contribution in [0.2, 0.25) is 0 Å². The third-order valence-electron chi connectivity index (χ3n) is 3.20. The van der Waals surface area contributed by atoms with Crippen molar-refractivity contribution in [2.45, 2.75) is 39.2 Å². The molecule has 0 bridgehead atoms. The van der Waals surface area contributed by atoms with E-state index < -0.39 is 5.41 Å². The van der Waals surface area contributed by atoms with E-state index in [1.54, 1.807) is 0 Å². The lowest BCUT2D eigenvalue weighted by Gasteiger charge is -2.21. The first-order valence-corrected chi connectivity index (χ1v) is 6.74. The molecule has 1 saturated heterocycles. The summed E-state index contributed by atoms with van der Waals surface area (Å²) >= 11 is 0. The smallest absolute Gasteiger partial charge is 0.226 e. The fourth-order valence-electron chi connectivity index (χ4n) is 1.70. The van der Waals surface area contributed by atoms with Crippen LogP contribution >= 0.6 is 0 Å². The first-order chi connectivity index (χ1) is 8.56. The van der Waals surface area contributed by atoms with Gasteiger partial charge in [0.2, 0.25) is 5.91 Å². The standard InChI is InChI=1S/C13H26N2O3/c1-13(2,10-14)12(16)15-6-4-7-17-9-11-5-3-8-18-11/h11H,3-10,14H2,1-2H3,(H,15,16). The fraction of sp³-hybridized carbons (Fsp3) is 0.923.